The van der Waals surface area contributed by atoms with Crippen LogP contribution in [0.3, 0.4) is 0 Å². The van der Waals surface area contributed by atoms with E-state index in [-0.39, 0.29) is 23.1 Å². The third-order valence-corrected chi connectivity index (χ3v) is 7.91. The number of aromatic nitrogens is 3. The van der Waals surface area contributed by atoms with Gasteiger partial charge in [-0.25, -0.2) is 14.8 Å². The summed E-state index contributed by atoms with van der Waals surface area (Å²) in [4.78, 5) is 40.5. The van der Waals surface area contributed by atoms with E-state index >= 15 is 0 Å². The predicted octanol–water partition coefficient (Wildman–Crippen LogP) is 5.06. The van der Waals surface area contributed by atoms with Gasteiger partial charge >= 0.3 is 12.2 Å². The van der Waals surface area contributed by atoms with Crippen LogP contribution in [0.1, 0.15) is 21.9 Å². The summed E-state index contributed by atoms with van der Waals surface area (Å²) in [7, 11) is 2.01. The van der Waals surface area contributed by atoms with Crippen LogP contribution >= 0.6 is 0 Å². The van der Waals surface area contributed by atoms with E-state index in [1.807, 2.05) is 13.1 Å². The highest BCUT2D eigenvalue weighted by atomic mass is 19.4. The second kappa shape index (κ2) is 10.8. The van der Waals surface area contributed by atoms with Crippen molar-refractivity contribution in [2.24, 2.45) is 5.73 Å². The van der Waals surface area contributed by atoms with Gasteiger partial charge in [0.1, 0.15) is 28.5 Å². The van der Waals surface area contributed by atoms with E-state index in [4.69, 9.17) is 16.5 Å². The van der Waals surface area contributed by atoms with Crippen molar-refractivity contribution >= 4 is 45.4 Å². The van der Waals surface area contributed by atoms with Gasteiger partial charge in [-0.05, 0) is 49.7 Å². The molecule has 44 heavy (non-hydrogen) atoms. The number of imidazole rings is 1. The molecule has 1 aliphatic heterocycles. The zero-order valence-electron chi connectivity index (χ0n) is 24.0. The number of alkyl halides is 3. The molecule has 0 bridgehead atoms. The molecule has 6 rings (SSSR count). The second-order valence-electron chi connectivity index (χ2n) is 10.7. The maximum Gasteiger partial charge on any atom is 0.416 e. The Morgan fingerprint density at radius 1 is 0.955 bits per heavy atom. The van der Waals surface area contributed by atoms with Crippen molar-refractivity contribution in [3.63, 3.8) is 0 Å². The molecule has 0 spiro atoms. The standard InChI is InChI=1S/C31H29F3N8O2/c1-18-38-26(27-28(35)37-17-25(41(18)27)29(43)40-14-12-39(2)13-15-40)23-10-11-24(22-9-4-3-8-21(22)23)42(30(36)44)20-7-5-6-19(16-20)31(32,33)34/h3-11,16-17H,12-15H2,1-2H3,(H2,35,37)(H2,36,44). The summed E-state index contributed by atoms with van der Waals surface area (Å²) in [6, 6.07) is 13.9. The molecule has 0 saturated carbocycles. The Bertz CT molecular complexity index is 1930. The molecule has 4 N–H and O–H groups in total. The molecule has 5 aromatic rings. The van der Waals surface area contributed by atoms with Crippen molar-refractivity contribution in [3.05, 3.63) is 83.9 Å². The lowest BCUT2D eigenvalue weighted by Crippen LogP contribution is -2.47. The average Bonchev–Trinajstić information content (AvgIpc) is 3.35. The Kier molecular flexibility index (Phi) is 7.12. The van der Waals surface area contributed by atoms with Crippen LogP contribution < -0.4 is 16.4 Å². The third kappa shape index (κ3) is 4.94. The smallest absolute Gasteiger partial charge is 0.382 e. The van der Waals surface area contributed by atoms with Gasteiger partial charge in [-0.1, -0.05) is 30.3 Å². The number of nitrogens with two attached hydrogens (primary N) is 2. The number of carbonyl (C=O) groups excluding carboxylic acids is 2. The highest BCUT2D eigenvalue weighted by Crippen LogP contribution is 2.41. The number of nitrogen functional groups attached to an aromatic ring is 1. The summed E-state index contributed by atoms with van der Waals surface area (Å²) in [6.07, 6.45) is -3.15. The number of anilines is 3. The molecular weight excluding hydrogens is 573 g/mol. The van der Waals surface area contributed by atoms with Gasteiger partial charge in [-0.3, -0.25) is 14.1 Å². The molecule has 13 heteroatoms. The summed E-state index contributed by atoms with van der Waals surface area (Å²) in [5.41, 5.74) is 13.4. The maximum absolute atomic E-state index is 13.6. The van der Waals surface area contributed by atoms with E-state index in [9.17, 15) is 22.8 Å². The average molecular weight is 603 g/mol. The van der Waals surface area contributed by atoms with Gasteiger partial charge in [0.05, 0.1) is 23.1 Å². The Hall–Kier alpha value is -5.17. The SMILES string of the molecule is Cc1nc(-c2ccc(N(C(N)=O)c3cccc(C(F)(F)F)c3)c3ccccc23)c2c(N)ncc(C(=O)N3CCN(C)CC3)n12. The number of hydrogen-bond acceptors (Lipinski definition) is 6. The molecule has 3 aromatic carbocycles. The normalized spacial score (nSPS) is 14.3. The fourth-order valence-electron chi connectivity index (χ4n) is 5.71. The lowest BCUT2D eigenvalue weighted by molar-refractivity contribution is -0.137. The second-order valence-corrected chi connectivity index (χ2v) is 10.7. The number of piperazine rings is 1. The summed E-state index contributed by atoms with van der Waals surface area (Å²) < 4.78 is 42.2. The number of carbonyl (C=O) groups is 2. The van der Waals surface area contributed by atoms with Crippen LogP contribution in [0.15, 0.2) is 66.9 Å². The topological polar surface area (TPSA) is 126 Å². The predicted molar refractivity (Wildman–Crippen MR) is 162 cm³/mol. The maximum atomic E-state index is 13.6. The number of urea groups is 1. The van der Waals surface area contributed by atoms with Crippen molar-refractivity contribution in [1.82, 2.24) is 24.2 Å². The number of aryl methyl sites for hydroxylation is 1. The molecule has 3 heterocycles. The number of likely N-dealkylation sites (N-methyl/N-ethyl adjacent to an activating group) is 1. The number of hydrogen-bond donors (Lipinski definition) is 2. The molecule has 0 aliphatic carbocycles. The minimum absolute atomic E-state index is 0.0333. The van der Waals surface area contributed by atoms with Gasteiger partial charge in [0.15, 0.2) is 0 Å². The zero-order valence-corrected chi connectivity index (χ0v) is 24.0. The number of halogens is 3. The number of fused-ring (bicyclic) bond motifs is 2. The molecule has 0 unspecified atom stereocenters. The van der Waals surface area contributed by atoms with Crippen LogP contribution in [0, 0.1) is 6.92 Å². The largest absolute Gasteiger partial charge is 0.416 e. The van der Waals surface area contributed by atoms with Gasteiger partial charge in [0, 0.05) is 37.1 Å². The van der Waals surface area contributed by atoms with Crippen LogP contribution in [0.5, 0.6) is 0 Å². The van der Waals surface area contributed by atoms with Crippen LogP contribution in [-0.4, -0.2) is 69.3 Å². The summed E-state index contributed by atoms with van der Waals surface area (Å²) in [5.74, 6) is 0.518. The third-order valence-electron chi connectivity index (χ3n) is 7.91. The molecule has 1 fully saturated rings. The molecule has 10 nitrogen and oxygen atoms in total. The Labute approximate surface area is 250 Å². The van der Waals surface area contributed by atoms with E-state index in [2.05, 4.69) is 9.88 Å². The molecule has 226 valence electrons. The number of primary amides is 1. The summed E-state index contributed by atoms with van der Waals surface area (Å²) in [5, 5.41) is 1.18. The molecule has 0 atom stereocenters. The van der Waals surface area contributed by atoms with E-state index in [0.29, 0.717) is 52.2 Å². The molecule has 2 aromatic heterocycles. The van der Waals surface area contributed by atoms with E-state index in [0.717, 1.165) is 30.1 Å². The molecular formula is C31H29F3N8O2. The van der Waals surface area contributed by atoms with E-state index < -0.39 is 17.8 Å². The van der Waals surface area contributed by atoms with Crippen LogP contribution in [-0.2, 0) is 6.18 Å². The van der Waals surface area contributed by atoms with Gasteiger partial charge in [-0.2, -0.15) is 13.2 Å². The molecule has 0 radical (unpaired) electrons. The van der Waals surface area contributed by atoms with Gasteiger partial charge in [0.25, 0.3) is 5.91 Å². The Balaban J connectivity index is 1.51. The van der Waals surface area contributed by atoms with Gasteiger partial charge in [-0.15, -0.1) is 0 Å². The van der Waals surface area contributed by atoms with Gasteiger partial charge in [0.2, 0.25) is 0 Å². The van der Waals surface area contributed by atoms with Crippen LogP contribution in [0.2, 0.25) is 0 Å². The molecule has 3 amide bonds. The fraction of sp³-hybridized carbons (Fsp3) is 0.226. The highest BCUT2D eigenvalue weighted by molar-refractivity contribution is 6.12. The number of nitrogens with zero attached hydrogens (tertiary/aromatic N) is 6. The van der Waals surface area contributed by atoms with Crippen molar-refractivity contribution in [2.75, 3.05) is 43.9 Å². The molecule has 1 saturated heterocycles. The molecule has 1 aliphatic rings. The zero-order chi connectivity index (χ0) is 31.3. The first-order chi connectivity index (χ1) is 21.0. The minimum Gasteiger partial charge on any atom is -0.382 e. The fourth-order valence-corrected chi connectivity index (χ4v) is 5.71. The highest BCUT2D eigenvalue weighted by Gasteiger charge is 2.32. The van der Waals surface area contributed by atoms with Crippen LogP contribution in [0.25, 0.3) is 27.5 Å². The Morgan fingerprint density at radius 2 is 1.66 bits per heavy atom. The first-order valence-electron chi connectivity index (χ1n) is 13.9. The van der Waals surface area contributed by atoms with Gasteiger partial charge < -0.3 is 21.3 Å². The number of rotatable bonds is 4. The van der Waals surface area contributed by atoms with Crippen molar-refractivity contribution in [2.45, 2.75) is 13.1 Å². The van der Waals surface area contributed by atoms with Crippen molar-refractivity contribution in [1.29, 1.82) is 0 Å². The summed E-state index contributed by atoms with van der Waals surface area (Å²) >= 11 is 0. The minimum atomic E-state index is -4.61. The van der Waals surface area contributed by atoms with E-state index in [1.54, 1.807) is 46.6 Å². The van der Waals surface area contributed by atoms with Crippen molar-refractivity contribution < 1.29 is 22.8 Å². The Morgan fingerprint density at radius 3 is 2.34 bits per heavy atom. The van der Waals surface area contributed by atoms with Crippen molar-refractivity contribution in [3.8, 4) is 11.3 Å². The lowest BCUT2D eigenvalue weighted by Gasteiger charge is -2.32. The summed E-state index contributed by atoms with van der Waals surface area (Å²) in [6.45, 7) is 4.45. The van der Waals surface area contributed by atoms with E-state index in [1.165, 1.54) is 18.3 Å². The monoisotopic (exact) mass is 602 g/mol. The first-order valence-corrected chi connectivity index (χ1v) is 13.9. The van der Waals surface area contributed by atoms with Crippen LogP contribution in [0.4, 0.5) is 35.2 Å². The first kappa shape index (κ1) is 28.9. The lowest BCUT2D eigenvalue weighted by atomic mass is 9.99. The number of amides is 3. The quantitative estimate of drug-likeness (QED) is 0.296. The number of benzene rings is 3.